The van der Waals surface area contributed by atoms with Gasteiger partial charge in [0.15, 0.2) is 0 Å². The predicted octanol–water partition coefficient (Wildman–Crippen LogP) is 3.42. The van der Waals surface area contributed by atoms with E-state index in [2.05, 4.69) is 48.5 Å². The Balaban J connectivity index is 2.02. The minimum absolute atomic E-state index is 0.514. The van der Waals surface area contributed by atoms with Crippen LogP contribution in [0.5, 0.6) is 5.88 Å². The second kappa shape index (κ2) is 5.58. The van der Waals surface area contributed by atoms with Gasteiger partial charge in [0.1, 0.15) is 12.9 Å². The molecule has 2 rings (SSSR count). The molecule has 0 bridgehead atoms. The van der Waals surface area contributed by atoms with Crippen molar-refractivity contribution in [3.05, 3.63) is 50.4 Å². The lowest BCUT2D eigenvalue weighted by atomic mass is 10.2. The fraction of sp³-hybridized carbons (Fsp3) is 0.0909. The maximum absolute atomic E-state index is 5.59. The molecule has 0 N–H and O–H groups in total. The molecule has 2 aromatic rings. The highest BCUT2D eigenvalue weighted by molar-refractivity contribution is 14.1. The topological polar surface area (TPSA) is 35.0 Å². The van der Waals surface area contributed by atoms with Crippen LogP contribution in [-0.2, 0) is 6.61 Å². The van der Waals surface area contributed by atoms with Crippen LogP contribution in [0.2, 0.25) is 0 Å². The molecule has 0 amide bonds. The van der Waals surface area contributed by atoms with Crippen LogP contribution in [-0.4, -0.2) is 9.97 Å². The van der Waals surface area contributed by atoms with E-state index in [1.165, 1.54) is 6.33 Å². The Kier molecular flexibility index (Phi) is 4.11. The van der Waals surface area contributed by atoms with Crippen molar-refractivity contribution < 1.29 is 4.74 Å². The quantitative estimate of drug-likeness (QED) is 0.753. The maximum Gasteiger partial charge on any atom is 0.230 e. The molecule has 16 heavy (non-hydrogen) atoms. The average molecular weight is 391 g/mol. The second-order valence-corrected chi connectivity index (χ2v) is 5.17. The summed E-state index contributed by atoms with van der Waals surface area (Å²) in [5.41, 5.74) is 1.11. The zero-order valence-corrected chi connectivity index (χ0v) is 12.0. The molecule has 0 fully saturated rings. The van der Waals surface area contributed by atoms with Gasteiger partial charge in [0.05, 0.1) is 3.57 Å². The Hall–Kier alpha value is -0.690. The van der Waals surface area contributed by atoms with Gasteiger partial charge in [-0.2, -0.15) is 0 Å². The van der Waals surface area contributed by atoms with E-state index in [-0.39, 0.29) is 0 Å². The summed E-state index contributed by atoms with van der Waals surface area (Å²) in [6.45, 7) is 0.514. The third-order valence-corrected chi connectivity index (χ3v) is 3.19. The summed E-state index contributed by atoms with van der Waals surface area (Å²) in [7, 11) is 0. The molecule has 5 heteroatoms. The van der Waals surface area contributed by atoms with Crippen LogP contribution in [0.25, 0.3) is 0 Å². The van der Waals surface area contributed by atoms with Crippen molar-refractivity contribution in [1.29, 1.82) is 0 Å². The lowest BCUT2D eigenvalue weighted by molar-refractivity contribution is 0.291. The summed E-state index contributed by atoms with van der Waals surface area (Å²) >= 11 is 5.54. The lowest BCUT2D eigenvalue weighted by Gasteiger charge is -2.06. The van der Waals surface area contributed by atoms with E-state index in [0.29, 0.717) is 12.5 Å². The molecule has 82 valence electrons. The standard InChI is InChI=1S/C11H8BrIN2O/c12-9-3-1-8(2-4-9)6-16-11-10(13)5-14-7-15-11/h1-5,7H,6H2. The summed E-state index contributed by atoms with van der Waals surface area (Å²) < 4.78 is 7.57. The zero-order valence-electron chi connectivity index (χ0n) is 8.23. The van der Waals surface area contributed by atoms with E-state index in [0.717, 1.165) is 13.6 Å². The van der Waals surface area contributed by atoms with Crippen molar-refractivity contribution >= 4 is 38.5 Å². The first-order chi connectivity index (χ1) is 7.75. The van der Waals surface area contributed by atoms with E-state index in [4.69, 9.17) is 4.74 Å². The number of rotatable bonds is 3. The molecular weight excluding hydrogens is 383 g/mol. The Labute approximate surface area is 116 Å². The highest BCUT2D eigenvalue weighted by atomic mass is 127. The van der Waals surface area contributed by atoms with E-state index in [1.54, 1.807) is 6.20 Å². The van der Waals surface area contributed by atoms with Crippen LogP contribution in [0.3, 0.4) is 0 Å². The van der Waals surface area contributed by atoms with Crippen molar-refractivity contribution in [3.63, 3.8) is 0 Å². The number of hydrogen-bond acceptors (Lipinski definition) is 3. The number of hydrogen-bond donors (Lipinski definition) is 0. The lowest BCUT2D eigenvalue weighted by Crippen LogP contribution is -1.99. The van der Waals surface area contributed by atoms with Gasteiger partial charge in [0, 0.05) is 10.7 Å². The first kappa shape index (κ1) is 11.8. The Morgan fingerprint density at radius 2 is 2.00 bits per heavy atom. The summed E-state index contributed by atoms with van der Waals surface area (Å²) in [6, 6.07) is 8.00. The van der Waals surface area contributed by atoms with Crippen LogP contribution >= 0.6 is 38.5 Å². The van der Waals surface area contributed by atoms with Crippen LogP contribution in [0, 0.1) is 3.57 Å². The van der Waals surface area contributed by atoms with Gasteiger partial charge in [0.2, 0.25) is 5.88 Å². The molecule has 0 saturated carbocycles. The Morgan fingerprint density at radius 3 is 2.69 bits per heavy atom. The van der Waals surface area contributed by atoms with Crippen molar-refractivity contribution in [2.24, 2.45) is 0 Å². The molecule has 0 aliphatic rings. The number of nitrogens with zero attached hydrogens (tertiary/aromatic N) is 2. The molecule has 0 radical (unpaired) electrons. The smallest absolute Gasteiger partial charge is 0.230 e. The summed E-state index contributed by atoms with van der Waals surface area (Å²) in [4.78, 5) is 7.97. The molecular formula is C11H8BrIN2O. The van der Waals surface area contributed by atoms with E-state index >= 15 is 0 Å². The van der Waals surface area contributed by atoms with E-state index < -0.39 is 0 Å². The van der Waals surface area contributed by atoms with Gasteiger partial charge in [-0.25, -0.2) is 9.97 Å². The molecule has 1 aromatic carbocycles. The third-order valence-electron chi connectivity index (χ3n) is 1.92. The highest BCUT2D eigenvalue weighted by Crippen LogP contribution is 2.17. The Morgan fingerprint density at radius 1 is 1.25 bits per heavy atom. The first-order valence-electron chi connectivity index (χ1n) is 4.58. The minimum Gasteiger partial charge on any atom is -0.472 e. The number of benzene rings is 1. The monoisotopic (exact) mass is 390 g/mol. The molecule has 0 spiro atoms. The molecule has 0 unspecified atom stereocenters. The van der Waals surface area contributed by atoms with Crippen LogP contribution in [0.15, 0.2) is 41.3 Å². The summed E-state index contributed by atoms with van der Waals surface area (Å²) in [5, 5.41) is 0. The van der Waals surface area contributed by atoms with Gasteiger partial charge in [-0.3, -0.25) is 0 Å². The van der Waals surface area contributed by atoms with E-state index in [1.807, 2.05) is 24.3 Å². The number of halogens is 2. The molecule has 0 saturated heterocycles. The van der Waals surface area contributed by atoms with Gasteiger partial charge in [-0.1, -0.05) is 28.1 Å². The second-order valence-electron chi connectivity index (χ2n) is 3.09. The van der Waals surface area contributed by atoms with Crippen LogP contribution in [0.4, 0.5) is 0 Å². The fourth-order valence-electron chi connectivity index (χ4n) is 1.14. The van der Waals surface area contributed by atoms with Gasteiger partial charge in [0.25, 0.3) is 0 Å². The first-order valence-corrected chi connectivity index (χ1v) is 6.45. The maximum atomic E-state index is 5.59. The SMILES string of the molecule is Brc1ccc(COc2ncncc2I)cc1. The van der Waals surface area contributed by atoms with Gasteiger partial charge < -0.3 is 4.74 Å². The Bertz CT molecular complexity index is 476. The molecule has 0 atom stereocenters. The minimum atomic E-state index is 0.514. The zero-order chi connectivity index (χ0) is 11.4. The van der Waals surface area contributed by atoms with Gasteiger partial charge >= 0.3 is 0 Å². The summed E-state index contributed by atoms with van der Waals surface area (Å²) in [6.07, 6.45) is 3.21. The molecule has 0 aliphatic heterocycles. The van der Waals surface area contributed by atoms with Gasteiger partial charge in [-0.15, -0.1) is 0 Å². The fourth-order valence-corrected chi connectivity index (χ4v) is 1.86. The van der Waals surface area contributed by atoms with Crippen molar-refractivity contribution in [3.8, 4) is 5.88 Å². The van der Waals surface area contributed by atoms with Crippen molar-refractivity contribution in [2.75, 3.05) is 0 Å². The summed E-state index contributed by atoms with van der Waals surface area (Å²) in [5.74, 6) is 0.624. The highest BCUT2D eigenvalue weighted by Gasteiger charge is 2.02. The van der Waals surface area contributed by atoms with Crippen molar-refractivity contribution in [2.45, 2.75) is 6.61 Å². The predicted molar refractivity (Wildman–Crippen MR) is 73.2 cm³/mol. The number of ether oxygens (including phenoxy) is 1. The third kappa shape index (κ3) is 3.15. The normalized spacial score (nSPS) is 10.1. The molecule has 1 aromatic heterocycles. The van der Waals surface area contributed by atoms with E-state index in [9.17, 15) is 0 Å². The molecule has 1 heterocycles. The molecule has 0 aliphatic carbocycles. The largest absolute Gasteiger partial charge is 0.472 e. The molecule has 3 nitrogen and oxygen atoms in total. The van der Waals surface area contributed by atoms with Crippen LogP contribution in [0.1, 0.15) is 5.56 Å². The van der Waals surface area contributed by atoms with Crippen LogP contribution < -0.4 is 4.74 Å². The number of aromatic nitrogens is 2. The van der Waals surface area contributed by atoms with Crippen molar-refractivity contribution in [1.82, 2.24) is 9.97 Å². The average Bonchev–Trinajstić information content (AvgIpc) is 2.30. The van der Waals surface area contributed by atoms with Gasteiger partial charge in [-0.05, 0) is 40.3 Å².